The number of carbonyl (C=O) groups is 1. The minimum absolute atomic E-state index is 0.143. The van der Waals surface area contributed by atoms with E-state index < -0.39 is 5.60 Å². The predicted molar refractivity (Wildman–Crippen MR) is 108 cm³/mol. The van der Waals surface area contributed by atoms with Crippen LogP contribution in [0.15, 0.2) is 12.1 Å². The third kappa shape index (κ3) is 3.44. The molecule has 6 heteroatoms. The molecule has 2 bridgehead atoms. The molecular weight excluding hydrogens is 352 g/mol. The highest BCUT2D eigenvalue weighted by Crippen LogP contribution is 2.37. The van der Waals surface area contributed by atoms with Crippen molar-refractivity contribution in [3.8, 4) is 6.07 Å². The number of nitrogens with two attached hydrogens (primary N) is 1. The average Bonchev–Trinajstić information content (AvgIpc) is 2.89. The first-order chi connectivity index (χ1) is 13.3. The summed E-state index contributed by atoms with van der Waals surface area (Å²) in [6, 6.07) is 7.17. The second-order valence-corrected chi connectivity index (χ2v) is 9.39. The number of ether oxygens (including phenoxy) is 1. The van der Waals surface area contributed by atoms with Gasteiger partial charge in [-0.1, -0.05) is 6.07 Å². The van der Waals surface area contributed by atoms with Gasteiger partial charge in [-0.15, -0.1) is 0 Å². The summed E-state index contributed by atoms with van der Waals surface area (Å²) in [5.41, 5.74) is 9.83. The molecular formula is C22H30N4O2. The largest absolute Gasteiger partial charge is 0.444 e. The third-order valence-corrected chi connectivity index (χ3v) is 6.17. The van der Waals surface area contributed by atoms with Crippen molar-refractivity contribution in [1.29, 1.82) is 5.26 Å². The second kappa shape index (κ2) is 6.97. The molecule has 2 N–H and O–H groups in total. The number of piperazine rings is 1. The van der Waals surface area contributed by atoms with Crippen LogP contribution in [0.25, 0.3) is 0 Å². The minimum Gasteiger partial charge on any atom is -0.444 e. The molecule has 0 spiro atoms. The second-order valence-electron chi connectivity index (χ2n) is 9.39. The molecule has 0 aromatic heterocycles. The maximum atomic E-state index is 12.7. The van der Waals surface area contributed by atoms with Crippen LogP contribution in [-0.4, -0.2) is 47.8 Å². The highest BCUT2D eigenvalue weighted by atomic mass is 16.6. The van der Waals surface area contributed by atoms with Crippen LogP contribution in [0.2, 0.25) is 0 Å². The topological polar surface area (TPSA) is 82.6 Å². The smallest absolute Gasteiger partial charge is 0.410 e. The Morgan fingerprint density at radius 1 is 1.21 bits per heavy atom. The quantitative estimate of drug-likeness (QED) is 0.807. The van der Waals surface area contributed by atoms with Crippen molar-refractivity contribution in [2.24, 2.45) is 5.73 Å². The molecule has 3 atom stereocenters. The summed E-state index contributed by atoms with van der Waals surface area (Å²) in [7, 11) is 0. The number of amides is 1. The monoisotopic (exact) mass is 382 g/mol. The van der Waals surface area contributed by atoms with Crippen molar-refractivity contribution in [2.45, 2.75) is 76.6 Å². The molecule has 3 aliphatic rings. The van der Waals surface area contributed by atoms with Gasteiger partial charge in [-0.3, -0.25) is 4.90 Å². The molecule has 2 heterocycles. The van der Waals surface area contributed by atoms with Crippen molar-refractivity contribution in [1.82, 2.24) is 4.90 Å². The Kier molecular flexibility index (Phi) is 4.75. The van der Waals surface area contributed by atoms with Gasteiger partial charge in [0.15, 0.2) is 0 Å². The van der Waals surface area contributed by atoms with Crippen LogP contribution in [0.4, 0.5) is 10.5 Å². The summed E-state index contributed by atoms with van der Waals surface area (Å²) in [5.74, 6) is 0. The zero-order chi connectivity index (χ0) is 20.1. The van der Waals surface area contributed by atoms with Gasteiger partial charge in [-0.2, -0.15) is 5.26 Å². The molecule has 4 rings (SSSR count). The molecule has 1 aromatic carbocycles. The maximum absolute atomic E-state index is 12.7. The molecule has 150 valence electrons. The lowest BCUT2D eigenvalue weighted by molar-refractivity contribution is 0.0123. The number of benzene rings is 1. The Hall–Kier alpha value is -2.26. The number of carbonyl (C=O) groups excluding carboxylic acids is 1. The van der Waals surface area contributed by atoms with Gasteiger partial charge in [0.05, 0.1) is 23.3 Å². The standard InChI is InChI=1S/C22H30N4O2/c1-22(2,3)28-21(27)26-16-6-7-17(26)13-25(12-16)20-9-4-14-10-15(24)5-8-18(14)19(20)11-23/h4,9,15-17H,5-8,10,12-13,24H2,1-3H3. The lowest BCUT2D eigenvalue weighted by atomic mass is 9.85. The molecule has 28 heavy (non-hydrogen) atoms. The molecule has 3 unspecified atom stereocenters. The van der Waals surface area contributed by atoms with E-state index >= 15 is 0 Å². The highest BCUT2D eigenvalue weighted by molar-refractivity contribution is 5.71. The SMILES string of the molecule is CC(C)(C)OC(=O)N1C2CCC1CN(c1ccc3c(c1C#N)CCC(N)C3)C2. The molecule has 0 saturated carbocycles. The van der Waals surface area contributed by atoms with E-state index in [1.165, 1.54) is 11.1 Å². The normalized spacial score (nSPS) is 26.6. The van der Waals surface area contributed by atoms with Crippen LogP contribution in [-0.2, 0) is 17.6 Å². The van der Waals surface area contributed by atoms with E-state index in [0.717, 1.165) is 56.4 Å². The summed E-state index contributed by atoms with van der Waals surface area (Å²) in [6.07, 6.45) is 4.42. The molecule has 2 saturated heterocycles. The Morgan fingerprint density at radius 2 is 1.89 bits per heavy atom. The van der Waals surface area contributed by atoms with Gasteiger partial charge in [0.2, 0.25) is 0 Å². The zero-order valence-corrected chi connectivity index (χ0v) is 17.1. The Bertz CT molecular complexity index is 809. The Balaban J connectivity index is 1.57. The van der Waals surface area contributed by atoms with Gasteiger partial charge in [-0.25, -0.2) is 4.79 Å². The number of nitrogens with zero attached hydrogens (tertiary/aromatic N) is 3. The van der Waals surface area contributed by atoms with Crippen molar-refractivity contribution in [3.05, 3.63) is 28.8 Å². The van der Waals surface area contributed by atoms with Gasteiger partial charge in [0, 0.05) is 19.1 Å². The lowest BCUT2D eigenvalue weighted by Crippen LogP contribution is -2.57. The molecule has 2 fully saturated rings. The zero-order valence-electron chi connectivity index (χ0n) is 17.1. The van der Waals surface area contributed by atoms with E-state index in [2.05, 4.69) is 23.1 Å². The van der Waals surface area contributed by atoms with Crippen LogP contribution in [0, 0.1) is 11.3 Å². The van der Waals surface area contributed by atoms with Crippen molar-refractivity contribution in [3.63, 3.8) is 0 Å². The van der Waals surface area contributed by atoms with Crippen LogP contribution in [0.1, 0.15) is 56.7 Å². The van der Waals surface area contributed by atoms with Gasteiger partial charge < -0.3 is 15.4 Å². The van der Waals surface area contributed by atoms with Gasteiger partial charge in [0.25, 0.3) is 0 Å². The summed E-state index contributed by atoms with van der Waals surface area (Å²) < 4.78 is 5.63. The fourth-order valence-corrected chi connectivity index (χ4v) is 4.97. The van der Waals surface area contributed by atoms with Crippen LogP contribution in [0.3, 0.4) is 0 Å². The van der Waals surface area contributed by atoms with Crippen LogP contribution < -0.4 is 10.6 Å². The average molecular weight is 383 g/mol. The van der Waals surface area contributed by atoms with E-state index in [1.54, 1.807) is 0 Å². The van der Waals surface area contributed by atoms with Gasteiger partial charge in [0.1, 0.15) is 11.7 Å². The summed E-state index contributed by atoms with van der Waals surface area (Å²) >= 11 is 0. The molecule has 6 nitrogen and oxygen atoms in total. The van der Waals surface area contributed by atoms with E-state index in [0.29, 0.717) is 0 Å². The number of nitriles is 1. The maximum Gasteiger partial charge on any atom is 0.410 e. The molecule has 2 aliphatic heterocycles. The summed E-state index contributed by atoms with van der Waals surface area (Å²) in [4.78, 5) is 16.9. The first-order valence-electron chi connectivity index (χ1n) is 10.3. The van der Waals surface area contributed by atoms with Crippen molar-refractivity contribution < 1.29 is 9.53 Å². The van der Waals surface area contributed by atoms with Crippen LogP contribution >= 0.6 is 0 Å². The van der Waals surface area contributed by atoms with Gasteiger partial charge >= 0.3 is 6.09 Å². The van der Waals surface area contributed by atoms with Crippen molar-refractivity contribution >= 4 is 11.8 Å². The van der Waals surface area contributed by atoms with E-state index in [9.17, 15) is 10.1 Å². The number of fused-ring (bicyclic) bond motifs is 3. The summed E-state index contributed by atoms with van der Waals surface area (Å²) in [6.45, 7) is 7.22. The highest BCUT2D eigenvalue weighted by Gasteiger charge is 2.44. The summed E-state index contributed by atoms with van der Waals surface area (Å²) in [5, 5.41) is 9.89. The third-order valence-electron chi connectivity index (χ3n) is 6.17. The van der Waals surface area contributed by atoms with E-state index in [4.69, 9.17) is 10.5 Å². The molecule has 1 aliphatic carbocycles. The first-order valence-corrected chi connectivity index (χ1v) is 10.3. The van der Waals surface area contributed by atoms with E-state index in [1.807, 2.05) is 25.7 Å². The van der Waals surface area contributed by atoms with E-state index in [-0.39, 0.29) is 24.2 Å². The first kappa shape index (κ1) is 19.1. The molecule has 0 radical (unpaired) electrons. The fourth-order valence-electron chi connectivity index (χ4n) is 4.97. The van der Waals surface area contributed by atoms with Crippen LogP contribution in [0.5, 0.6) is 0 Å². The molecule has 1 aromatic rings. The number of rotatable bonds is 1. The molecule has 1 amide bonds. The number of hydrogen-bond donors (Lipinski definition) is 1. The lowest BCUT2D eigenvalue weighted by Gasteiger charge is -2.42. The predicted octanol–water partition coefficient (Wildman–Crippen LogP) is 2.96. The number of hydrogen-bond acceptors (Lipinski definition) is 5. The fraction of sp³-hybridized carbons (Fsp3) is 0.636. The Morgan fingerprint density at radius 3 is 2.50 bits per heavy atom. The number of anilines is 1. The van der Waals surface area contributed by atoms with Crippen molar-refractivity contribution in [2.75, 3.05) is 18.0 Å². The minimum atomic E-state index is -0.485. The Labute approximate surface area is 167 Å². The van der Waals surface area contributed by atoms with Gasteiger partial charge in [-0.05, 0) is 70.1 Å².